The molecule has 1 unspecified atom stereocenters. The summed E-state index contributed by atoms with van der Waals surface area (Å²) < 4.78 is 28.0. The molecule has 2 fully saturated rings. The van der Waals surface area contributed by atoms with Gasteiger partial charge >= 0.3 is 0 Å². The summed E-state index contributed by atoms with van der Waals surface area (Å²) >= 11 is 0. The standard InChI is InChI=1S/C16H32N2O2S/c1-12(10-17-13-6-7-13)21(19,20)18-14-8-15(2,3)11-16(4,5)9-14/h12-14,17-18H,6-11H2,1-5H3. The Morgan fingerprint density at radius 1 is 1.05 bits per heavy atom. The zero-order chi connectivity index (χ0) is 15.9. The summed E-state index contributed by atoms with van der Waals surface area (Å²) in [5, 5.41) is 2.94. The van der Waals surface area contributed by atoms with Crippen LogP contribution in [0.4, 0.5) is 0 Å². The smallest absolute Gasteiger partial charge is 0.215 e. The van der Waals surface area contributed by atoms with Crippen molar-refractivity contribution in [1.82, 2.24) is 10.0 Å². The first-order valence-corrected chi connectivity index (χ1v) is 9.78. The maximum absolute atomic E-state index is 12.5. The molecule has 0 amide bonds. The molecule has 0 aromatic carbocycles. The third-order valence-corrected chi connectivity index (χ3v) is 6.58. The molecule has 1 atom stereocenters. The molecule has 0 aromatic heterocycles. The van der Waals surface area contributed by atoms with E-state index in [-0.39, 0.29) is 22.1 Å². The molecule has 0 radical (unpaired) electrons. The van der Waals surface area contributed by atoms with Crippen molar-refractivity contribution in [2.75, 3.05) is 6.54 Å². The molecule has 21 heavy (non-hydrogen) atoms. The van der Waals surface area contributed by atoms with Gasteiger partial charge in [-0.1, -0.05) is 27.7 Å². The Morgan fingerprint density at radius 3 is 2.05 bits per heavy atom. The molecular weight excluding hydrogens is 284 g/mol. The predicted molar refractivity (Wildman–Crippen MR) is 87.7 cm³/mol. The molecule has 2 aliphatic carbocycles. The molecule has 0 spiro atoms. The fourth-order valence-electron chi connectivity index (χ4n) is 4.01. The second-order valence-corrected chi connectivity index (χ2v) is 10.9. The van der Waals surface area contributed by atoms with Crippen LogP contribution in [-0.2, 0) is 10.0 Å². The predicted octanol–water partition coefficient (Wildman–Crippen LogP) is 2.65. The third-order valence-electron chi connectivity index (χ3n) is 4.69. The van der Waals surface area contributed by atoms with E-state index in [2.05, 4.69) is 37.7 Å². The van der Waals surface area contributed by atoms with Gasteiger partial charge in [0.1, 0.15) is 0 Å². The molecule has 0 aromatic rings. The second kappa shape index (κ2) is 5.82. The van der Waals surface area contributed by atoms with Crippen LogP contribution in [0.5, 0.6) is 0 Å². The number of sulfonamides is 1. The van der Waals surface area contributed by atoms with Crippen molar-refractivity contribution in [2.24, 2.45) is 10.8 Å². The van der Waals surface area contributed by atoms with Crippen molar-refractivity contribution in [1.29, 1.82) is 0 Å². The Morgan fingerprint density at radius 2 is 1.57 bits per heavy atom. The summed E-state index contributed by atoms with van der Waals surface area (Å²) in [5.74, 6) is 0. The summed E-state index contributed by atoms with van der Waals surface area (Å²) in [6, 6.07) is 0.618. The van der Waals surface area contributed by atoms with Gasteiger partial charge in [0.2, 0.25) is 10.0 Å². The van der Waals surface area contributed by atoms with Crippen molar-refractivity contribution < 1.29 is 8.42 Å². The summed E-state index contributed by atoms with van der Waals surface area (Å²) in [5.41, 5.74) is 0.398. The molecular formula is C16H32N2O2S. The summed E-state index contributed by atoms with van der Waals surface area (Å²) in [4.78, 5) is 0. The van der Waals surface area contributed by atoms with Crippen molar-refractivity contribution in [2.45, 2.75) is 84.1 Å². The fourth-order valence-corrected chi connectivity index (χ4v) is 5.19. The minimum Gasteiger partial charge on any atom is -0.313 e. The van der Waals surface area contributed by atoms with Crippen molar-refractivity contribution in [3.05, 3.63) is 0 Å². The fraction of sp³-hybridized carbons (Fsp3) is 1.00. The van der Waals surface area contributed by atoms with Gasteiger partial charge in [-0.25, -0.2) is 13.1 Å². The Labute approximate surface area is 130 Å². The van der Waals surface area contributed by atoms with Gasteiger partial charge < -0.3 is 5.32 Å². The van der Waals surface area contributed by atoms with Crippen molar-refractivity contribution in [3.8, 4) is 0 Å². The van der Waals surface area contributed by atoms with Crippen LogP contribution in [0.2, 0.25) is 0 Å². The van der Waals surface area contributed by atoms with Crippen LogP contribution >= 0.6 is 0 Å². The van der Waals surface area contributed by atoms with Crippen molar-refractivity contribution >= 4 is 10.0 Å². The average Bonchev–Trinajstić information content (AvgIpc) is 3.03. The highest BCUT2D eigenvalue weighted by atomic mass is 32.2. The second-order valence-electron chi connectivity index (χ2n) is 8.77. The van der Waals surface area contributed by atoms with E-state index in [1.165, 1.54) is 12.8 Å². The topological polar surface area (TPSA) is 58.2 Å². The van der Waals surface area contributed by atoms with Gasteiger partial charge in [0.05, 0.1) is 5.25 Å². The largest absolute Gasteiger partial charge is 0.313 e. The molecule has 0 heterocycles. The molecule has 0 saturated heterocycles. The average molecular weight is 317 g/mol. The van der Waals surface area contributed by atoms with Crippen LogP contribution in [0.15, 0.2) is 0 Å². The van der Waals surface area contributed by atoms with Crippen LogP contribution in [0.25, 0.3) is 0 Å². The third kappa shape index (κ3) is 5.22. The number of nitrogens with one attached hydrogen (secondary N) is 2. The highest BCUT2D eigenvalue weighted by Gasteiger charge is 2.40. The van der Waals surface area contributed by atoms with Crippen LogP contribution < -0.4 is 10.0 Å². The monoisotopic (exact) mass is 316 g/mol. The van der Waals surface area contributed by atoms with Gasteiger partial charge in [-0.2, -0.15) is 0 Å². The molecule has 4 nitrogen and oxygen atoms in total. The van der Waals surface area contributed by atoms with Gasteiger partial charge in [-0.3, -0.25) is 0 Å². The van der Waals surface area contributed by atoms with Crippen LogP contribution in [0.3, 0.4) is 0 Å². The molecule has 0 aliphatic heterocycles. The van der Waals surface area contributed by atoms with E-state index in [0.29, 0.717) is 12.6 Å². The lowest BCUT2D eigenvalue weighted by Crippen LogP contribution is -2.49. The lowest BCUT2D eigenvalue weighted by molar-refractivity contribution is 0.0933. The van der Waals surface area contributed by atoms with Crippen molar-refractivity contribution in [3.63, 3.8) is 0 Å². The zero-order valence-electron chi connectivity index (χ0n) is 14.2. The summed E-state index contributed by atoms with van der Waals surface area (Å²) in [6.45, 7) is 11.3. The van der Waals surface area contributed by atoms with Crippen LogP contribution in [-0.4, -0.2) is 32.3 Å². The van der Waals surface area contributed by atoms with Gasteiger partial charge in [-0.05, 0) is 49.9 Å². The maximum Gasteiger partial charge on any atom is 0.215 e. The Balaban J connectivity index is 1.94. The first kappa shape index (κ1) is 17.2. The Kier molecular flexibility index (Phi) is 4.77. The summed E-state index contributed by atoms with van der Waals surface area (Å²) in [6.07, 6.45) is 5.38. The first-order valence-electron chi connectivity index (χ1n) is 8.24. The highest BCUT2D eigenvalue weighted by molar-refractivity contribution is 7.90. The van der Waals surface area contributed by atoms with Gasteiger partial charge in [-0.15, -0.1) is 0 Å². The van der Waals surface area contributed by atoms with E-state index >= 15 is 0 Å². The number of rotatable bonds is 6. The normalized spacial score (nSPS) is 27.5. The Hall–Kier alpha value is -0.130. The Bertz CT molecular complexity index is 451. The van der Waals surface area contributed by atoms with Crippen LogP contribution in [0, 0.1) is 10.8 Å². The van der Waals surface area contributed by atoms with E-state index in [4.69, 9.17) is 0 Å². The molecule has 2 N–H and O–H groups in total. The van der Waals surface area contributed by atoms with E-state index in [0.717, 1.165) is 19.3 Å². The van der Waals surface area contributed by atoms with E-state index < -0.39 is 10.0 Å². The van der Waals surface area contributed by atoms with Gasteiger partial charge in [0.25, 0.3) is 0 Å². The zero-order valence-corrected chi connectivity index (χ0v) is 15.0. The lowest BCUT2D eigenvalue weighted by Gasteiger charge is -2.45. The number of hydrogen-bond acceptors (Lipinski definition) is 3. The van der Waals surface area contributed by atoms with E-state index in [9.17, 15) is 8.42 Å². The minimum atomic E-state index is -3.24. The minimum absolute atomic E-state index is 0.0668. The lowest BCUT2D eigenvalue weighted by atomic mass is 9.64. The molecule has 2 saturated carbocycles. The van der Waals surface area contributed by atoms with Gasteiger partial charge in [0.15, 0.2) is 0 Å². The van der Waals surface area contributed by atoms with Gasteiger partial charge in [0, 0.05) is 18.6 Å². The molecule has 0 bridgehead atoms. The maximum atomic E-state index is 12.5. The molecule has 124 valence electrons. The van der Waals surface area contributed by atoms with E-state index in [1.807, 2.05) is 0 Å². The number of hydrogen-bond donors (Lipinski definition) is 2. The van der Waals surface area contributed by atoms with E-state index in [1.54, 1.807) is 6.92 Å². The molecule has 2 rings (SSSR count). The quantitative estimate of drug-likeness (QED) is 0.792. The molecule has 2 aliphatic rings. The molecule has 5 heteroatoms. The SMILES string of the molecule is CC(CNC1CC1)S(=O)(=O)NC1CC(C)(C)CC(C)(C)C1. The first-order chi connectivity index (χ1) is 9.49. The van der Waals surface area contributed by atoms with Crippen LogP contribution in [0.1, 0.15) is 66.7 Å². The highest BCUT2D eigenvalue weighted by Crippen LogP contribution is 2.45. The summed E-state index contributed by atoms with van der Waals surface area (Å²) in [7, 11) is -3.24.